The predicted molar refractivity (Wildman–Crippen MR) is 62.7 cm³/mol. The lowest BCUT2D eigenvalue weighted by molar-refractivity contribution is -0.142. The summed E-state index contributed by atoms with van der Waals surface area (Å²) in [6.45, 7) is 1.39. The first kappa shape index (κ1) is 10.8. The second kappa shape index (κ2) is 3.84. The Hall–Kier alpha value is -1.36. The molecule has 2 atom stereocenters. The van der Waals surface area contributed by atoms with E-state index in [4.69, 9.17) is 5.11 Å². The molecule has 0 saturated heterocycles. The van der Waals surface area contributed by atoms with Gasteiger partial charge in [0.1, 0.15) is 0 Å². The third-order valence-corrected chi connectivity index (χ3v) is 4.51. The standard InChI is InChI=1S/C12H13NO3S/c14-11(8-5-9(8)12(15)16)13-3-1-7-2-4-17-10(7)6-13/h2,4,8-9H,1,3,5-6H2,(H,15,16). The van der Waals surface area contributed by atoms with Gasteiger partial charge < -0.3 is 10.0 Å². The molecule has 2 heterocycles. The van der Waals surface area contributed by atoms with E-state index in [0.29, 0.717) is 13.0 Å². The van der Waals surface area contributed by atoms with Crippen molar-refractivity contribution in [2.45, 2.75) is 19.4 Å². The number of amides is 1. The topological polar surface area (TPSA) is 57.6 Å². The Labute approximate surface area is 103 Å². The zero-order valence-corrected chi connectivity index (χ0v) is 10.1. The van der Waals surface area contributed by atoms with E-state index in [1.165, 1.54) is 10.4 Å². The highest BCUT2D eigenvalue weighted by Crippen LogP contribution is 2.41. The molecular weight excluding hydrogens is 238 g/mol. The Kier molecular flexibility index (Phi) is 2.43. The number of aliphatic carboxylic acids is 1. The zero-order chi connectivity index (χ0) is 12.0. The number of nitrogens with zero attached hydrogens (tertiary/aromatic N) is 1. The van der Waals surface area contributed by atoms with Crippen molar-refractivity contribution >= 4 is 23.2 Å². The quantitative estimate of drug-likeness (QED) is 0.863. The summed E-state index contributed by atoms with van der Waals surface area (Å²) in [7, 11) is 0. The Bertz CT molecular complexity index is 482. The molecule has 1 saturated carbocycles. The number of hydrogen-bond donors (Lipinski definition) is 1. The van der Waals surface area contributed by atoms with E-state index < -0.39 is 11.9 Å². The van der Waals surface area contributed by atoms with Crippen molar-refractivity contribution in [1.82, 2.24) is 4.90 Å². The smallest absolute Gasteiger partial charge is 0.307 e. The molecule has 0 spiro atoms. The normalized spacial score (nSPS) is 26.5. The number of rotatable bonds is 2. The van der Waals surface area contributed by atoms with Crippen LogP contribution in [-0.2, 0) is 22.6 Å². The van der Waals surface area contributed by atoms with Gasteiger partial charge in [-0.15, -0.1) is 11.3 Å². The van der Waals surface area contributed by atoms with E-state index in [1.54, 1.807) is 11.3 Å². The lowest BCUT2D eigenvalue weighted by atomic mass is 10.1. The molecule has 4 nitrogen and oxygen atoms in total. The Morgan fingerprint density at radius 3 is 2.94 bits per heavy atom. The summed E-state index contributed by atoms with van der Waals surface area (Å²) in [6, 6.07) is 2.11. The van der Waals surface area contributed by atoms with Crippen molar-refractivity contribution in [3.05, 3.63) is 21.9 Å². The van der Waals surface area contributed by atoms with E-state index in [9.17, 15) is 9.59 Å². The number of fused-ring (bicyclic) bond motifs is 1. The van der Waals surface area contributed by atoms with Crippen LogP contribution in [0.5, 0.6) is 0 Å². The number of hydrogen-bond acceptors (Lipinski definition) is 3. The van der Waals surface area contributed by atoms with E-state index in [2.05, 4.69) is 11.4 Å². The zero-order valence-electron chi connectivity index (χ0n) is 9.26. The van der Waals surface area contributed by atoms with Gasteiger partial charge in [0.25, 0.3) is 0 Å². The highest BCUT2D eigenvalue weighted by Gasteiger charge is 2.50. The van der Waals surface area contributed by atoms with Gasteiger partial charge in [-0.1, -0.05) is 0 Å². The lowest BCUT2D eigenvalue weighted by Gasteiger charge is -2.27. The predicted octanol–water partition coefficient (Wildman–Crippen LogP) is 1.35. The lowest BCUT2D eigenvalue weighted by Crippen LogP contribution is -2.36. The molecule has 2 unspecified atom stereocenters. The molecule has 0 radical (unpaired) electrons. The van der Waals surface area contributed by atoms with Gasteiger partial charge in [0.05, 0.1) is 18.4 Å². The molecule has 3 rings (SSSR count). The maximum absolute atomic E-state index is 12.1. The number of carboxylic acid groups (broad SMARTS) is 1. The van der Waals surface area contributed by atoms with Crippen LogP contribution in [0.15, 0.2) is 11.4 Å². The SMILES string of the molecule is O=C(O)C1CC1C(=O)N1CCc2ccsc2C1. The van der Waals surface area contributed by atoms with Crippen molar-refractivity contribution in [2.24, 2.45) is 11.8 Å². The average Bonchev–Trinajstić information content (AvgIpc) is 2.99. The van der Waals surface area contributed by atoms with Crippen molar-refractivity contribution in [3.63, 3.8) is 0 Å². The molecule has 1 aliphatic heterocycles. The largest absolute Gasteiger partial charge is 0.481 e. The van der Waals surface area contributed by atoms with Gasteiger partial charge >= 0.3 is 5.97 Å². The second-order valence-corrected chi connectivity index (χ2v) is 5.67. The molecule has 1 N–H and O–H groups in total. The van der Waals surface area contributed by atoms with Crippen molar-refractivity contribution in [1.29, 1.82) is 0 Å². The minimum atomic E-state index is -0.836. The third kappa shape index (κ3) is 1.84. The molecular formula is C12H13NO3S. The summed E-state index contributed by atoms with van der Waals surface area (Å²) in [5.74, 6) is -1.52. The first-order valence-corrected chi connectivity index (χ1v) is 6.61. The van der Waals surface area contributed by atoms with Crippen LogP contribution in [0.2, 0.25) is 0 Å². The molecule has 1 amide bonds. The second-order valence-electron chi connectivity index (χ2n) is 4.67. The van der Waals surface area contributed by atoms with E-state index in [1.807, 2.05) is 4.90 Å². The van der Waals surface area contributed by atoms with Crippen molar-refractivity contribution < 1.29 is 14.7 Å². The first-order valence-electron chi connectivity index (χ1n) is 5.73. The number of carbonyl (C=O) groups is 2. The number of thiophene rings is 1. The number of carboxylic acids is 1. The molecule has 1 aromatic heterocycles. The molecule has 1 aromatic rings. The van der Waals surface area contributed by atoms with Crippen molar-refractivity contribution in [3.8, 4) is 0 Å². The maximum Gasteiger partial charge on any atom is 0.307 e. The van der Waals surface area contributed by atoms with Crippen LogP contribution in [0.1, 0.15) is 16.9 Å². The molecule has 5 heteroatoms. The van der Waals surface area contributed by atoms with Crippen LogP contribution in [0.4, 0.5) is 0 Å². The highest BCUT2D eigenvalue weighted by atomic mass is 32.1. The van der Waals surface area contributed by atoms with Crippen LogP contribution in [0, 0.1) is 11.8 Å². The van der Waals surface area contributed by atoms with Gasteiger partial charge in [0.2, 0.25) is 5.91 Å². The molecule has 1 aliphatic carbocycles. The summed E-state index contributed by atoms with van der Waals surface area (Å²) in [4.78, 5) is 25.9. The van der Waals surface area contributed by atoms with Gasteiger partial charge in [0.15, 0.2) is 0 Å². The summed E-state index contributed by atoms with van der Waals surface area (Å²) in [5, 5.41) is 10.9. The van der Waals surface area contributed by atoms with Crippen LogP contribution in [-0.4, -0.2) is 28.4 Å². The average molecular weight is 251 g/mol. The van der Waals surface area contributed by atoms with Gasteiger partial charge in [-0.2, -0.15) is 0 Å². The monoisotopic (exact) mass is 251 g/mol. The fraction of sp³-hybridized carbons (Fsp3) is 0.500. The molecule has 17 heavy (non-hydrogen) atoms. The Morgan fingerprint density at radius 1 is 1.41 bits per heavy atom. The minimum absolute atomic E-state index is 0.0245. The van der Waals surface area contributed by atoms with E-state index >= 15 is 0 Å². The highest BCUT2D eigenvalue weighted by molar-refractivity contribution is 7.10. The minimum Gasteiger partial charge on any atom is -0.481 e. The van der Waals surface area contributed by atoms with Crippen molar-refractivity contribution in [2.75, 3.05) is 6.54 Å². The van der Waals surface area contributed by atoms with Gasteiger partial charge in [-0.3, -0.25) is 9.59 Å². The van der Waals surface area contributed by atoms with Crippen LogP contribution < -0.4 is 0 Å². The third-order valence-electron chi connectivity index (χ3n) is 3.56. The molecule has 1 fully saturated rings. The number of carbonyl (C=O) groups excluding carboxylic acids is 1. The summed E-state index contributed by atoms with van der Waals surface area (Å²) >= 11 is 1.68. The Balaban J connectivity index is 1.68. The van der Waals surface area contributed by atoms with E-state index in [0.717, 1.165) is 13.0 Å². The van der Waals surface area contributed by atoms with Gasteiger partial charge in [0, 0.05) is 11.4 Å². The fourth-order valence-corrected chi connectivity index (χ4v) is 3.35. The first-order chi connectivity index (χ1) is 8.16. The van der Waals surface area contributed by atoms with Crippen LogP contribution in [0.3, 0.4) is 0 Å². The van der Waals surface area contributed by atoms with Crippen LogP contribution >= 0.6 is 11.3 Å². The summed E-state index contributed by atoms with van der Waals surface area (Å²) in [5.41, 5.74) is 1.34. The molecule has 0 aromatic carbocycles. The maximum atomic E-state index is 12.1. The van der Waals surface area contributed by atoms with E-state index in [-0.39, 0.29) is 11.8 Å². The molecule has 0 bridgehead atoms. The summed E-state index contributed by atoms with van der Waals surface area (Å²) < 4.78 is 0. The molecule has 2 aliphatic rings. The summed E-state index contributed by atoms with van der Waals surface area (Å²) in [6.07, 6.45) is 1.41. The molecule has 90 valence electrons. The van der Waals surface area contributed by atoms with Gasteiger partial charge in [-0.05, 0) is 29.9 Å². The fourth-order valence-electron chi connectivity index (χ4n) is 2.40. The Morgan fingerprint density at radius 2 is 2.24 bits per heavy atom. The van der Waals surface area contributed by atoms with Crippen LogP contribution in [0.25, 0.3) is 0 Å². The van der Waals surface area contributed by atoms with Gasteiger partial charge in [-0.25, -0.2) is 0 Å².